The summed E-state index contributed by atoms with van der Waals surface area (Å²) >= 11 is 0. The SMILES string of the molecule is CC1CCCC(C)C1NCC1CCN(C(=O)OC(C)(C)C)C1. The van der Waals surface area contributed by atoms with Crippen molar-refractivity contribution in [1.82, 2.24) is 10.2 Å². The van der Waals surface area contributed by atoms with E-state index in [2.05, 4.69) is 19.2 Å². The highest BCUT2D eigenvalue weighted by Gasteiger charge is 2.32. The number of carbonyl (C=O) groups is 1. The van der Waals surface area contributed by atoms with Crippen LogP contribution in [0.3, 0.4) is 0 Å². The fourth-order valence-corrected chi connectivity index (χ4v) is 3.88. The zero-order valence-corrected chi connectivity index (χ0v) is 15.0. The lowest BCUT2D eigenvalue weighted by molar-refractivity contribution is 0.0287. The summed E-state index contributed by atoms with van der Waals surface area (Å²) in [5.41, 5.74) is -0.402. The predicted octanol–water partition coefficient (Wildman–Crippen LogP) is 3.66. The fourth-order valence-electron chi connectivity index (χ4n) is 3.88. The zero-order valence-electron chi connectivity index (χ0n) is 15.0. The maximum absolute atomic E-state index is 12.1. The molecule has 1 saturated carbocycles. The van der Waals surface area contributed by atoms with E-state index >= 15 is 0 Å². The Hall–Kier alpha value is -0.770. The van der Waals surface area contributed by atoms with Crippen molar-refractivity contribution < 1.29 is 9.53 Å². The lowest BCUT2D eigenvalue weighted by Crippen LogP contribution is -2.45. The molecule has 1 saturated heterocycles. The zero-order chi connectivity index (χ0) is 16.3. The van der Waals surface area contributed by atoms with Crippen molar-refractivity contribution in [2.45, 2.75) is 71.9 Å². The summed E-state index contributed by atoms with van der Waals surface area (Å²) in [7, 11) is 0. The quantitative estimate of drug-likeness (QED) is 0.865. The van der Waals surface area contributed by atoms with Crippen LogP contribution in [0, 0.1) is 17.8 Å². The number of amides is 1. The van der Waals surface area contributed by atoms with Gasteiger partial charge in [-0.25, -0.2) is 4.79 Å². The molecule has 0 bridgehead atoms. The van der Waals surface area contributed by atoms with E-state index in [1.165, 1.54) is 19.3 Å². The van der Waals surface area contributed by atoms with Gasteiger partial charge < -0.3 is 15.0 Å². The lowest BCUT2D eigenvalue weighted by atomic mass is 9.78. The van der Waals surface area contributed by atoms with E-state index < -0.39 is 5.60 Å². The van der Waals surface area contributed by atoms with Gasteiger partial charge in [-0.2, -0.15) is 0 Å². The van der Waals surface area contributed by atoms with Gasteiger partial charge in [-0.05, 0) is 64.3 Å². The predicted molar refractivity (Wildman–Crippen MR) is 89.9 cm³/mol. The van der Waals surface area contributed by atoms with Crippen molar-refractivity contribution in [3.8, 4) is 0 Å². The fraction of sp³-hybridized carbons (Fsp3) is 0.944. The first kappa shape index (κ1) is 17.6. The monoisotopic (exact) mass is 310 g/mol. The number of nitrogens with one attached hydrogen (secondary N) is 1. The minimum atomic E-state index is -0.402. The number of hydrogen-bond donors (Lipinski definition) is 1. The first-order valence-corrected chi connectivity index (χ1v) is 8.97. The third-order valence-corrected chi connectivity index (χ3v) is 5.12. The lowest BCUT2D eigenvalue weighted by Gasteiger charge is -2.36. The highest BCUT2D eigenvalue weighted by atomic mass is 16.6. The maximum atomic E-state index is 12.1. The molecule has 0 aromatic heterocycles. The number of ether oxygens (including phenoxy) is 1. The Morgan fingerprint density at radius 3 is 2.41 bits per heavy atom. The summed E-state index contributed by atoms with van der Waals surface area (Å²) in [6.45, 7) is 13.2. The van der Waals surface area contributed by atoms with E-state index in [-0.39, 0.29) is 6.09 Å². The van der Waals surface area contributed by atoms with Gasteiger partial charge >= 0.3 is 6.09 Å². The van der Waals surface area contributed by atoms with Crippen molar-refractivity contribution in [2.75, 3.05) is 19.6 Å². The molecule has 2 fully saturated rings. The molecule has 0 radical (unpaired) electrons. The highest BCUT2D eigenvalue weighted by Crippen LogP contribution is 2.29. The summed E-state index contributed by atoms with van der Waals surface area (Å²) < 4.78 is 5.47. The van der Waals surface area contributed by atoms with Gasteiger partial charge in [-0.15, -0.1) is 0 Å². The molecule has 0 spiro atoms. The average molecular weight is 310 g/mol. The molecule has 3 atom stereocenters. The van der Waals surface area contributed by atoms with Gasteiger partial charge in [0.25, 0.3) is 0 Å². The average Bonchev–Trinajstić information content (AvgIpc) is 2.85. The smallest absolute Gasteiger partial charge is 0.410 e. The van der Waals surface area contributed by atoms with E-state index in [0.717, 1.165) is 37.9 Å². The summed E-state index contributed by atoms with van der Waals surface area (Å²) in [5.74, 6) is 2.10. The number of hydrogen-bond acceptors (Lipinski definition) is 3. The van der Waals surface area contributed by atoms with Crippen LogP contribution in [0.15, 0.2) is 0 Å². The third-order valence-electron chi connectivity index (χ3n) is 5.12. The second-order valence-corrected chi connectivity index (χ2v) is 8.40. The number of carbonyl (C=O) groups excluding carboxylic acids is 1. The molecule has 128 valence electrons. The molecule has 1 heterocycles. The van der Waals surface area contributed by atoms with Crippen LogP contribution in [0.1, 0.15) is 60.3 Å². The van der Waals surface area contributed by atoms with Crippen LogP contribution < -0.4 is 5.32 Å². The molecule has 3 unspecified atom stereocenters. The van der Waals surface area contributed by atoms with Gasteiger partial charge in [-0.1, -0.05) is 20.3 Å². The van der Waals surface area contributed by atoms with Crippen LogP contribution in [0.2, 0.25) is 0 Å². The molecular weight excluding hydrogens is 276 g/mol. The molecular formula is C18H34N2O2. The molecule has 2 rings (SSSR count). The second-order valence-electron chi connectivity index (χ2n) is 8.40. The Kier molecular flexibility index (Phi) is 5.76. The van der Waals surface area contributed by atoms with Gasteiger partial charge in [0.15, 0.2) is 0 Å². The van der Waals surface area contributed by atoms with Gasteiger partial charge in [0.2, 0.25) is 0 Å². The molecule has 1 aliphatic carbocycles. The van der Waals surface area contributed by atoms with Gasteiger partial charge in [0.05, 0.1) is 0 Å². The van der Waals surface area contributed by atoms with E-state index in [1.807, 2.05) is 25.7 Å². The van der Waals surface area contributed by atoms with Crippen LogP contribution in [0.5, 0.6) is 0 Å². The second kappa shape index (κ2) is 7.20. The van der Waals surface area contributed by atoms with Crippen LogP contribution in [-0.4, -0.2) is 42.3 Å². The Morgan fingerprint density at radius 2 is 1.82 bits per heavy atom. The van der Waals surface area contributed by atoms with Gasteiger partial charge in [0, 0.05) is 19.1 Å². The van der Waals surface area contributed by atoms with Crippen molar-refractivity contribution in [3.63, 3.8) is 0 Å². The summed E-state index contributed by atoms with van der Waals surface area (Å²) in [4.78, 5) is 14.0. The molecule has 2 aliphatic rings. The third kappa shape index (κ3) is 4.87. The van der Waals surface area contributed by atoms with Crippen LogP contribution in [0.4, 0.5) is 4.79 Å². The number of likely N-dealkylation sites (tertiary alicyclic amines) is 1. The largest absolute Gasteiger partial charge is 0.444 e. The molecule has 4 heteroatoms. The van der Waals surface area contributed by atoms with E-state index in [0.29, 0.717) is 12.0 Å². The van der Waals surface area contributed by atoms with Crippen LogP contribution in [0.25, 0.3) is 0 Å². The standard InChI is InChI=1S/C18H34N2O2/c1-13-7-6-8-14(2)16(13)19-11-15-9-10-20(12-15)17(21)22-18(3,4)5/h13-16,19H,6-12H2,1-5H3. The maximum Gasteiger partial charge on any atom is 0.410 e. The van der Waals surface area contributed by atoms with E-state index in [9.17, 15) is 4.79 Å². The van der Waals surface area contributed by atoms with E-state index in [1.54, 1.807) is 0 Å². The molecule has 4 nitrogen and oxygen atoms in total. The molecule has 0 aromatic carbocycles. The minimum absolute atomic E-state index is 0.158. The Morgan fingerprint density at radius 1 is 1.18 bits per heavy atom. The number of nitrogens with zero attached hydrogens (tertiary/aromatic N) is 1. The molecule has 1 amide bonds. The molecule has 1 N–H and O–H groups in total. The summed E-state index contributed by atoms with van der Waals surface area (Å²) in [6.07, 6.45) is 4.99. The Bertz CT molecular complexity index is 368. The first-order chi connectivity index (χ1) is 10.3. The van der Waals surface area contributed by atoms with Gasteiger partial charge in [0.1, 0.15) is 5.60 Å². The first-order valence-electron chi connectivity index (χ1n) is 8.97. The van der Waals surface area contributed by atoms with Crippen LogP contribution >= 0.6 is 0 Å². The molecule has 0 aromatic rings. The van der Waals surface area contributed by atoms with Crippen LogP contribution in [-0.2, 0) is 4.74 Å². The summed E-state index contributed by atoms with van der Waals surface area (Å²) in [6, 6.07) is 0.643. The van der Waals surface area contributed by atoms with Crippen molar-refractivity contribution in [3.05, 3.63) is 0 Å². The van der Waals surface area contributed by atoms with Crippen molar-refractivity contribution >= 4 is 6.09 Å². The minimum Gasteiger partial charge on any atom is -0.444 e. The number of rotatable bonds is 3. The van der Waals surface area contributed by atoms with E-state index in [4.69, 9.17) is 4.74 Å². The Labute approximate surface area is 136 Å². The normalized spacial score (nSPS) is 33.0. The molecule has 1 aliphatic heterocycles. The Balaban J connectivity index is 1.75. The van der Waals surface area contributed by atoms with Crippen molar-refractivity contribution in [1.29, 1.82) is 0 Å². The molecule has 22 heavy (non-hydrogen) atoms. The topological polar surface area (TPSA) is 41.6 Å². The summed E-state index contributed by atoms with van der Waals surface area (Å²) in [5, 5.41) is 3.79. The highest BCUT2D eigenvalue weighted by molar-refractivity contribution is 5.68. The van der Waals surface area contributed by atoms with Gasteiger partial charge in [-0.3, -0.25) is 0 Å². The van der Waals surface area contributed by atoms with Crippen molar-refractivity contribution in [2.24, 2.45) is 17.8 Å².